The highest BCUT2D eigenvalue weighted by Gasteiger charge is 2.05. The Kier molecular flexibility index (Phi) is 6.43. The largest absolute Gasteiger partial charge is 0.326 e. The number of amides is 2. The number of hydrazone groups is 1. The topological polar surface area (TPSA) is 70.6 Å². The maximum absolute atomic E-state index is 11.7. The minimum absolute atomic E-state index is 0.00439. The maximum Gasteiger partial charge on any atom is 0.271 e. The molecule has 108 valence electrons. The number of hydrogen-bond acceptors (Lipinski definition) is 3. The molecule has 0 fully saturated rings. The average molecular weight is 275 g/mol. The molecule has 0 radical (unpaired) electrons. The van der Waals surface area contributed by atoms with Crippen molar-refractivity contribution in [3.05, 3.63) is 29.8 Å². The van der Waals surface area contributed by atoms with Gasteiger partial charge in [-0.15, -0.1) is 0 Å². The molecule has 20 heavy (non-hydrogen) atoms. The summed E-state index contributed by atoms with van der Waals surface area (Å²) in [6.07, 6.45) is 2.38. The molecule has 0 atom stereocenters. The molecule has 0 spiro atoms. The van der Waals surface area contributed by atoms with E-state index in [1.54, 1.807) is 38.1 Å². The second-order valence-electron chi connectivity index (χ2n) is 4.73. The Balaban J connectivity index is 2.58. The van der Waals surface area contributed by atoms with Gasteiger partial charge in [0.15, 0.2) is 0 Å². The van der Waals surface area contributed by atoms with Crippen LogP contribution in [0.15, 0.2) is 29.4 Å². The summed E-state index contributed by atoms with van der Waals surface area (Å²) in [5, 5.41) is 6.65. The van der Waals surface area contributed by atoms with Crippen LogP contribution in [0.4, 0.5) is 5.69 Å². The Morgan fingerprint density at radius 3 is 2.35 bits per heavy atom. The predicted molar refractivity (Wildman–Crippen MR) is 80.8 cm³/mol. The lowest BCUT2D eigenvalue weighted by atomic mass is 10.2. The summed E-state index contributed by atoms with van der Waals surface area (Å²) in [7, 11) is 0. The van der Waals surface area contributed by atoms with Crippen molar-refractivity contribution in [2.45, 2.75) is 40.0 Å². The molecule has 0 bridgehead atoms. The van der Waals surface area contributed by atoms with Crippen molar-refractivity contribution < 1.29 is 9.59 Å². The first-order valence-corrected chi connectivity index (χ1v) is 6.74. The third-order valence-electron chi connectivity index (χ3n) is 2.57. The van der Waals surface area contributed by atoms with Crippen molar-refractivity contribution in [2.24, 2.45) is 5.10 Å². The number of hydrogen-bond donors (Lipinski definition) is 2. The highest BCUT2D eigenvalue weighted by atomic mass is 16.2. The zero-order valence-corrected chi connectivity index (χ0v) is 12.2. The van der Waals surface area contributed by atoms with Gasteiger partial charge in [0.1, 0.15) is 0 Å². The molecule has 0 heterocycles. The van der Waals surface area contributed by atoms with Crippen LogP contribution in [0.1, 0.15) is 50.4 Å². The van der Waals surface area contributed by atoms with Crippen LogP contribution in [0, 0.1) is 0 Å². The minimum Gasteiger partial charge on any atom is -0.326 e. The fourth-order valence-corrected chi connectivity index (χ4v) is 1.49. The first-order chi connectivity index (χ1) is 9.52. The van der Waals surface area contributed by atoms with Gasteiger partial charge >= 0.3 is 0 Å². The first kappa shape index (κ1) is 15.9. The monoisotopic (exact) mass is 275 g/mol. The molecular weight excluding hydrogens is 254 g/mol. The number of unbranched alkanes of at least 4 members (excludes halogenated alkanes) is 1. The Hall–Kier alpha value is -2.17. The number of benzene rings is 1. The summed E-state index contributed by atoms with van der Waals surface area (Å²) >= 11 is 0. The molecule has 1 rings (SSSR count). The SMILES string of the molecule is CCCCC(=O)Nc1ccc(C(=O)NN=C(C)C)cc1. The maximum atomic E-state index is 11.7. The third-order valence-corrected chi connectivity index (χ3v) is 2.57. The lowest BCUT2D eigenvalue weighted by Crippen LogP contribution is -2.18. The zero-order chi connectivity index (χ0) is 15.0. The quantitative estimate of drug-likeness (QED) is 0.619. The summed E-state index contributed by atoms with van der Waals surface area (Å²) in [6, 6.07) is 6.74. The Morgan fingerprint density at radius 2 is 1.80 bits per heavy atom. The Morgan fingerprint density at radius 1 is 1.15 bits per heavy atom. The van der Waals surface area contributed by atoms with E-state index in [-0.39, 0.29) is 11.8 Å². The standard InChI is InChI=1S/C15H21N3O2/c1-4-5-6-14(19)16-13-9-7-12(8-10-13)15(20)18-17-11(2)3/h7-10H,4-6H2,1-3H3,(H,16,19)(H,18,20). The molecule has 0 saturated heterocycles. The third kappa shape index (κ3) is 5.65. The summed E-state index contributed by atoms with van der Waals surface area (Å²) < 4.78 is 0. The van der Waals surface area contributed by atoms with Crippen molar-refractivity contribution in [3.63, 3.8) is 0 Å². The Labute approximate surface area is 119 Å². The van der Waals surface area contributed by atoms with Gasteiger partial charge in [-0.3, -0.25) is 9.59 Å². The van der Waals surface area contributed by atoms with Crippen LogP contribution < -0.4 is 10.7 Å². The Bertz CT molecular complexity index is 488. The highest BCUT2D eigenvalue weighted by Crippen LogP contribution is 2.10. The van der Waals surface area contributed by atoms with Crippen LogP contribution in [-0.4, -0.2) is 17.5 Å². The van der Waals surface area contributed by atoms with Crippen molar-refractivity contribution in [2.75, 3.05) is 5.32 Å². The number of rotatable bonds is 6. The second kappa shape index (κ2) is 8.09. The molecule has 1 aromatic carbocycles. The van der Waals surface area contributed by atoms with Crippen molar-refractivity contribution in [1.29, 1.82) is 0 Å². The molecule has 1 aromatic rings. The van der Waals surface area contributed by atoms with Gasteiger partial charge in [-0.25, -0.2) is 5.43 Å². The molecular formula is C15H21N3O2. The van der Waals surface area contributed by atoms with E-state index in [0.717, 1.165) is 18.6 Å². The molecule has 5 nitrogen and oxygen atoms in total. The molecule has 0 aliphatic carbocycles. The molecule has 2 amide bonds. The molecule has 2 N–H and O–H groups in total. The summed E-state index contributed by atoms with van der Waals surface area (Å²) in [5.41, 5.74) is 4.42. The van der Waals surface area contributed by atoms with Crippen molar-refractivity contribution >= 4 is 23.2 Å². The summed E-state index contributed by atoms with van der Waals surface area (Å²) in [6.45, 7) is 5.64. The zero-order valence-electron chi connectivity index (χ0n) is 12.2. The van der Waals surface area contributed by atoms with Gasteiger partial charge in [0, 0.05) is 23.4 Å². The number of anilines is 1. The van der Waals surface area contributed by atoms with E-state index in [2.05, 4.69) is 15.8 Å². The van der Waals surface area contributed by atoms with Gasteiger partial charge in [0.05, 0.1) is 0 Å². The summed E-state index contributed by atoms with van der Waals surface area (Å²) in [4.78, 5) is 23.3. The van der Waals surface area contributed by atoms with Crippen molar-refractivity contribution in [3.8, 4) is 0 Å². The number of carbonyl (C=O) groups is 2. The van der Waals surface area contributed by atoms with Gasteiger partial charge in [-0.1, -0.05) is 13.3 Å². The van der Waals surface area contributed by atoms with Crippen LogP contribution >= 0.6 is 0 Å². The van der Waals surface area contributed by atoms with Gasteiger partial charge in [0.2, 0.25) is 5.91 Å². The van der Waals surface area contributed by atoms with Crippen LogP contribution in [0.2, 0.25) is 0 Å². The van der Waals surface area contributed by atoms with Crippen molar-refractivity contribution in [1.82, 2.24) is 5.43 Å². The van der Waals surface area contributed by atoms with E-state index in [1.807, 2.05) is 6.92 Å². The molecule has 0 aliphatic rings. The van der Waals surface area contributed by atoms with Crippen LogP contribution in [0.3, 0.4) is 0 Å². The minimum atomic E-state index is -0.268. The average Bonchev–Trinajstić information content (AvgIpc) is 2.43. The number of nitrogens with zero attached hydrogens (tertiary/aromatic N) is 1. The second-order valence-corrected chi connectivity index (χ2v) is 4.73. The van der Waals surface area contributed by atoms with E-state index in [1.165, 1.54) is 0 Å². The molecule has 5 heteroatoms. The van der Waals surface area contributed by atoms with E-state index >= 15 is 0 Å². The predicted octanol–water partition coefficient (Wildman–Crippen LogP) is 2.94. The first-order valence-electron chi connectivity index (χ1n) is 6.74. The van der Waals surface area contributed by atoms with Crippen LogP contribution in [-0.2, 0) is 4.79 Å². The molecule has 0 aromatic heterocycles. The normalized spacial score (nSPS) is 9.75. The van der Waals surface area contributed by atoms with Gasteiger partial charge in [-0.2, -0.15) is 5.10 Å². The fraction of sp³-hybridized carbons (Fsp3) is 0.400. The van der Waals surface area contributed by atoms with Gasteiger partial charge in [-0.05, 0) is 44.5 Å². The van der Waals surface area contributed by atoms with E-state index in [9.17, 15) is 9.59 Å². The van der Waals surface area contributed by atoms with Gasteiger partial charge in [0.25, 0.3) is 5.91 Å². The lowest BCUT2D eigenvalue weighted by molar-refractivity contribution is -0.116. The molecule has 0 aliphatic heterocycles. The summed E-state index contributed by atoms with van der Waals surface area (Å²) in [5.74, 6) is -0.273. The van der Waals surface area contributed by atoms with Gasteiger partial charge < -0.3 is 5.32 Å². The smallest absolute Gasteiger partial charge is 0.271 e. The number of nitrogens with one attached hydrogen (secondary N) is 2. The van der Waals surface area contributed by atoms with Crippen LogP contribution in [0.25, 0.3) is 0 Å². The lowest BCUT2D eigenvalue weighted by Gasteiger charge is -2.06. The van der Waals surface area contributed by atoms with Crippen LogP contribution in [0.5, 0.6) is 0 Å². The highest BCUT2D eigenvalue weighted by molar-refractivity contribution is 5.96. The molecule has 0 unspecified atom stereocenters. The van der Waals surface area contributed by atoms with E-state index in [4.69, 9.17) is 0 Å². The van der Waals surface area contributed by atoms with E-state index in [0.29, 0.717) is 17.7 Å². The molecule has 0 saturated carbocycles. The van der Waals surface area contributed by atoms with E-state index < -0.39 is 0 Å². The fourth-order valence-electron chi connectivity index (χ4n) is 1.49. The number of carbonyl (C=O) groups excluding carboxylic acids is 2.